The average molecular weight is 570 g/mol. The first kappa shape index (κ1) is 30.2. The number of likely N-dealkylation sites (tertiary alicyclic amines) is 1. The van der Waals surface area contributed by atoms with Gasteiger partial charge in [-0.2, -0.15) is 0 Å². The summed E-state index contributed by atoms with van der Waals surface area (Å²) in [6.45, 7) is 5.17. The van der Waals surface area contributed by atoms with Gasteiger partial charge in [0.15, 0.2) is 0 Å². The Morgan fingerprint density at radius 2 is 1.57 bits per heavy atom. The molecule has 0 bridgehead atoms. The Morgan fingerprint density at radius 1 is 0.950 bits per heavy atom. The molecule has 5 rings (SSSR count). The first-order valence-electron chi connectivity index (χ1n) is 14.9. The molecule has 2 aromatic carbocycles. The number of halogens is 1. The molecule has 0 radical (unpaired) electrons. The second-order valence-electron chi connectivity index (χ2n) is 11.7. The van der Waals surface area contributed by atoms with Crippen molar-refractivity contribution in [2.24, 2.45) is 5.92 Å². The minimum absolute atomic E-state index is 0. The summed E-state index contributed by atoms with van der Waals surface area (Å²) in [6, 6.07) is 14.4. The van der Waals surface area contributed by atoms with Crippen molar-refractivity contribution in [1.29, 1.82) is 0 Å². The Labute approximate surface area is 244 Å². The van der Waals surface area contributed by atoms with Gasteiger partial charge in [-0.25, -0.2) is 0 Å². The first-order chi connectivity index (χ1) is 19.0. The molecule has 8 heteroatoms. The largest absolute Gasteiger partial charge is 0.508 e. The lowest BCUT2D eigenvalue weighted by molar-refractivity contribution is -0.162. The quantitative estimate of drug-likeness (QED) is 0.385. The molecule has 1 saturated carbocycles. The number of nitrogens with zero attached hydrogens (tertiary/aromatic N) is 2. The van der Waals surface area contributed by atoms with Gasteiger partial charge in [-0.3, -0.25) is 14.5 Å². The van der Waals surface area contributed by atoms with Crippen molar-refractivity contribution < 1.29 is 19.4 Å². The van der Waals surface area contributed by atoms with Gasteiger partial charge < -0.3 is 20.1 Å². The monoisotopic (exact) mass is 569 g/mol. The van der Waals surface area contributed by atoms with E-state index in [-0.39, 0.29) is 36.0 Å². The zero-order valence-electron chi connectivity index (χ0n) is 23.6. The summed E-state index contributed by atoms with van der Waals surface area (Å²) in [5, 5.41) is 12.6. The van der Waals surface area contributed by atoms with Crippen LogP contribution in [0.25, 0.3) is 0 Å². The van der Waals surface area contributed by atoms with Gasteiger partial charge in [0.1, 0.15) is 28.8 Å². The highest BCUT2D eigenvalue weighted by molar-refractivity contribution is 6.00. The van der Waals surface area contributed by atoms with Crippen LogP contribution in [0.15, 0.2) is 48.5 Å². The highest BCUT2D eigenvalue weighted by Crippen LogP contribution is 2.36. The van der Waals surface area contributed by atoms with Gasteiger partial charge in [-0.05, 0) is 73.6 Å². The number of aromatic hydroxyl groups is 1. The maximum Gasteiger partial charge on any atom is 0.246 e. The number of rotatable bonds is 9. The van der Waals surface area contributed by atoms with Gasteiger partial charge in [0.05, 0.1) is 0 Å². The van der Waals surface area contributed by atoms with E-state index in [2.05, 4.69) is 29.3 Å². The molecular formula is C32H44ClN3O4. The van der Waals surface area contributed by atoms with Crippen LogP contribution in [-0.4, -0.2) is 57.9 Å². The molecule has 0 unspecified atom stereocenters. The van der Waals surface area contributed by atoms with Crippen molar-refractivity contribution in [3.63, 3.8) is 0 Å². The molecular weight excluding hydrogens is 526 g/mol. The smallest absolute Gasteiger partial charge is 0.246 e. The lowest BCUT2D eigenvalue weighted by Gasteiger charge is -2.52. The van der Waals surface area contributed by atoms with Crippen LogP contribution in [0.5, 0.6) is 17.2 Å². The number of nitrogens with one attached hydrogen (secondary N) is 1. The van der Waals surface area contributed by atoms with Crippen molar-refractivity contribution in [1.82, 2.24) is 15.1 Å². The number of benzene rings is 2. The number of amides is 2. The number of phenols is 1. The number of ether oxygens (including phenoxy) is 1. The summed E-state index contributed by atoms with van der Waals surface area (Å²) < 4.78 is 5.87. The van der Waals surface area contributed by atoms with Crippen LogP contribution < -0.4 is 10.1 Å². The van der Waals surface area contributed by atoms with E-state index < -0.39 is 5.54 Å². The topological polar surface area (TPSA) is 82.1 Å². The Hall–Kier alpha value is -2.77. The van der Waals surface area contributed by atoms with Gasteiger partial charge in [0.25, 0.3) is 0 Å². The van der Waals surface area contributed by atoms with E-state index in [9.17, 15) is 14.7 Å². The summed E-state index contributed by atoms with van der Waals surface area (Å²) >= 11 is 0. The molecule has 2 amide bonds. The van der Waals surface area contributed by atoms with Gasteiger partial charge >= 0.3 is 0 Å². The van der Waals surface area contributed by atoms with Crippen LogP contribution >= 0.6 is 12.4 Å². The van der Waals surface area contributed by atoms with Crippen molar-refractivity contribution in [3.8, 4) is 17.2 Å². The van der Waals surface area contributed by atoms with Crippen LogP contribution in [0.4, 0.5) is 0 Å². The summed E-state index contributed by atoms with van der Waals surface area (Å²) in [6.07, 6.45) is 10.2. The molecule has 2 N–H and O–H groups in total. The number of hydrogen-bond acceptors (Lipinski definition) is 5. The third-order valence-corrected chi connectivity index (χ3v) is 8.92. The van der Waals surface area contributed by atoms with Gasteiger partial charge in [0, 0.05) is 26.2 Å². The fourth-order valence-electron chi connectivity index (χ4n) is 6.58. The van der Waals surface area contributed by atoms with Crippen LogP contribution in [0.3, 0.4) is 0 Å². The summed E-state index contributed by atoms with van der Waals surface area (Å²) in [4.78, 5) is 31.8. The predicted octanol–water partition coefficient (Wildman–Crippen LogP) is 6.04. The van der Waals surface area contributed by atoms with Gasteiger partial charge in [0.2, 0.25) is 11.8 Å². The van der Waals surface area contributed by atoms with Gasteiger partial charge in [-0.1, -0.05) is 57.6 Å². The van der Waals surface area contributed by atoms with E-state index in [0.29, 0.717) is 31.1 Å². The van der Waals surface area contributed by atoms with E-state index in [0.717, 1.165) is 44.6 Å². The molecule has 1 spiro atoms. The lowest BCUT2D eigenvalue weighted by Crippen LogP contribution is -2.73. The van der Waals surface area contributed by atoms with Crippen LogP contribution in [0.2, 0.25) is 0 Å². The SMILES string of the molecule is CCCCN1C(=O)[C@H](CC2CCCCC2)NC(=O)C12CCN(Cc1ccc(Oc3ccc(O)cc3)cc1)CC2.Cl. The lowest BCUT2D eigenvalue weighted by atomic mass is 9.79. The molecule has 218 valence electrons. The third-order valence-electron chi connectivity index (χ3n) is 8.92. The molecule has 3 aliphatic rings. The number of piperidine rings is 1. The van der Waals surface area contributed by atoms with Crippen molar-refractivity contribution >= 4 is 24.2 Å². The van der Waals surface area contributed by atoms with Crippen molar-refractivity contribution in [3.05, 3.63) is 54.1 Å². The Morgan fingerprint density at radius 3 is 2.20 bits per heavy atom. The standard InChI is InChI=1S/C32H43N3O4.ClH/c1-2-3-19-35-30(37)29(22-24-7-5-4-6-8-24)33-31(38)32(35)17-20-34(21-18-32)23-25-9-13-27(14-10-25)39-28-15-11-26(36)12-16-28;/h9-16,24,29,36H,2-8,17-23H2,1H3,(H,33,38);1H/t29-;/m0./s1. The molecule has 1 atom stereocenters. The summed E-state index contributed by atoms with van der Waals surface area (Å²) in [7, 11) is 0. The molecule has 3 fully saturated rings. The fraction of sp³-hybridized carbons (Fsp3) is 0.562. The number of hydrogen-bond donors (Lipinski definition) is 2. The zero-order chi connectivity index (χ0) is 27.2. The molecule has 40 heavy (non-hydrogen) atoms. The molecule has 7 nitrogen and oxygen atoms in total. The molecule has 2 heterocycles. The molecule has 2 aliphatic heterocycles. The van der Waals surface area contributed by atoms with E-state index >= 15 is 0 Å². The van der Waals surface area contributed by atoms with E-state index in [1.54, 1.807) is 24.3 Å². The van der Waals surface area contributed by atoms with Crippen molar-refractivity contribution in [2.45, 2.75) is 89.3 Å². The second-order valence-corrected chi connectivity index (χ2v) is 11.7. The van der Waals surface area contributed by atoms with Crippen molar-refractivity contribution in [2.75, 3.05) is 19.6 Å². The number of carbonyl (C=O) groups is 2. The second kappa shape index (κ2) is 13.7. The highest BCUT2D eigenvalue weighted by atomic mass is 35.5. The van der Waals surface area contributed by atoms with E-state index in [1.165, 1.54) is 37.7 Å². The molecule has 2 saturated heterocycles. The number of carbonyl (C=O) groups excluding carboxylic acids is 2. The van der Waals surface area contributed by atoms with E-state index in [1.807, 2.05) is 17.0 Å². The molecule has 2 aromatic rings. The normalized spacial score (nSPS) is 21.6. The number of phenolic OH excluding ortho intramolecular Hbond substituents is 1. The van der Waals surface area contributed by atoms with Crippen LogP contribution in [-0.2, 0) is 16.1 Å². The Balaban J connectivity index is 0.00000370. The maximum absolute atomic E-state index is 13.7. The zero-order valence-corrected chi connectivity index (χ0v) is 24.5. The molecule has 0 aromatic heterocycles. The Bertz CT molecular complexity index is 1110. The number of unbranched alkanes of at least 4 members (excludes halogenated alkanes) is 1. The number of piperazine rings is 1. The molecule has 1 aliphatic carbocycles. The highest BCUT2D eigenvalue weighted by Gasteiger charge is 2.53. The van der Waals surface area contributed by atoms with Gasteiger partial charge in [-0.15, -0.1) is 12.4 Å². The summed E-state index contributed by atoms with van der Waals surface area (Å²) in [5.74, 6) is 2.39. The fourth-order valence-corrected chi connectivity index (χ4v) is 6.58. The minimum Gasteiger partial charge on any atom is -0.508 e. The first-order valence-corrected chi connectivity index (χ1v) is 14.9. The Kier molecular flexibility index (Phi) is 10.4. The summed E-state index contributed by atoms with van der Waals surface area (Å²) in [5.41, 5.74) is 0.469. The maximum atomic E-state index is 13.7. The average Bonchev–Trinajstić information content (AvgIpc) is 2.96. The third kappa shape index (κ3) is 6.92. The predicted molar refractivity (Wildman–Crippen MR) is 159 cm³/mol. The van der Waals surface area contributed by atoms with E-state index in [4.69, 9.17) is 4.74 Å². The van der Waals surface area contributed by atoms with Crippen LogP contribution in [0, 0.1) is 5.92 Å². The minimum atomic E-state index is -0.715. The van der Waals surface area contributed by atoms with Crippen LogP contribution in [0.1, 0.15) is 76.7 Å².